The molecule has 0 radical (unpaired) electrons. The van der Waals surface area contributed by atoms with Crippen molar-refractivity contribution in [3.8, 4) is 0 Å². The maximum Gasteiger partial charge on any atom is 0.158 e. The highest BCUT2D eigenvalue weighted by Gasteiger charge is 2.05. The van der Waals surface area contributed by atoms with E-state index in [1.54, 1.807) is 6.20 Å². The summed E-state index contributed by atoms with van der Waals surface area (Å²) in [6, 6.07) is 20.0. The fraction of sp³-hybridized carbons (Fsp3) is 0. The molecule has 0 aliphatic heterocycles. The predicted molar refractivity (Wildman–Crippen MR) is 82.6 cm³/mol. The van der Waals surface area contributed by atoms with Crippen LogP contribution in [0.15, 0.2) is 71.9 Å². The van der Waals surface area contributed by atoms with Gasteiger partial charge in [-0.25, -0.2) is 4.99 Å². The van der Waals surface area contributed by atoms with Crippen molar-refractivity contribution in [2.45, 2.75) is 0 Å². The highest BCUT2D eigenvalue weighted by molar-refractivity contribution is 7.09. The summed E-state index contributed by atoms with van der Waals surface area (Å²) in [6.45, 7) is 0. The molecule has 2 aromatic carbocycles. The van der Waals surface area contributed by atoms with Crippen molar-refractivity contribution in [2.75, 3.05) is 5.32 Å². The summed E-state index contributed by atoms with van der Waals surface area (Å²) in [5.41, 5.74) is 2.01. The lowest BCUT2D eigenvalue weighted by atomic mass is 10.2. The maximum atomic E-state index is 4.58. The smallest absolute Gasteiger partial charge is 0.158 e. The van der Waals surface area contributed by atoms with E-state index in [1.807, 2.05) is 60.7 Å². The van der Waals surface area contributed by atoms with Crippen LogP contribution in [-0.2, 0) is 0 Å². The molecule has 0 saturated heterocycles. The van der Waals surface area contributed by atoms with Crippen LogP contribution in [-0.4, -0.2) is 15.4 Å². The Balaban J connectivity index is 1.96. The summed E-state index contributed by atoms with van der Waals surface area (Å²) in [5, 5.41) is 7.91. The molecule has 0 bridgehead atoms. The number of hydrogen-bond acceptors (Lipinski definition) is 4. The van der Waals surface area contributed by atoms with Crippen molar-refractivity contribution in [3.05, 3.63) is 72.4 Å². The Bertz CT molecular complexity index is 678. The Labute approximate surface area is 121 Å². The number of hydrogen-bond donors (Lipinski definition) is 1. The van der Waals surface area contributed by atoms with Gasteiger partial charge in [-0.2, -0.15) is 0 Å². The summed E-state index contributed by atoms with van der Waals surface area (Å²) in [5.74, 6) is 0.780. The molecule has 0 fully saturated rings. The standard InChI is InChI=1S/C15H12N4S/c1-3-7-12(8-4-1)15(18-14-11-16-19-20-14)17-13-9-5-2-6-10-13/h1-11H,(H,17,18). The first kappa shape index (κ1) is 12.5. The van der Waals surface area contributed by atoms with Gasteiger partial charge in [0.15, 0.2) is 5.00 Å². The van der Waals surface area contributed by atoms with Crippen LogP contribution in [0.2, 0.25) is 0 Å². The summed E-state index contributed by atoms with van der Waals surface area (Å²) in [4.78, 5) is 4.58. The Morgan fingerprint density at radius 3 is 2.30 bits per heavy atom. The maximum absolute atomic E-state index is 4.58. The van der Waals surface area contributed by atoms with Gasteiger partial charge < -0.3 is 5.32 Å². The van der Waals surface area contributed by atoms with Crippen molar-refractivity contribution in [2.24, 2.45) is 4.99 Å². The average Bonchev–Trinajstić information content (AvgIpc) is 3.02. The minimum atomic E-state index is 0.771. The van der Waals surface area contributed by atoms with Crippen LogP contribution < -0.4 is 5.32 Å². The van der Waals surface area contributed by atoms with Crippen LogP contribution in [0.3, 0.4) is 0 Å². The lowest BCUT2D eigenvalue weighted by molar-refractivity contribution is 1.15. The van der Waals surface area contributed by atoms with Crippen molar-refractivity contribution in [1.82, 2.24) is 9.59 Å². The molecule has 0 aliphatic rings. The molecule has 0 aliphatic carbocycles. The minimum absolute atomic E-state index is 0.771. The molecule has 3 rings (SSSR count). The zero-order valence-electron chi connectivity index (χ0n) is 10.6. The van der Waals surface area contributed by atoms with E-state index >= 15 is 0 Å². The van der Waals surface area contributed by atoms with Gasteiger partial charge >= 0.3 is 0 Å². The molecule has 1 N–H and O–H groups in total. The third-order valence-corrected chi connectivity index (χ3v) is 3.22. The first-order valence-electron chi connectivity index (χ1n) is 6.15. The number of aliphatic imine (C=N–C) groups is 1. The third kappa shape index (κ3) is 3.07. The van der Waals surface area contributed by atoms with Crippen molar-refractivity contribution < 1.29 is 0 Å². The van der Waals surface area contributed by atoms with Crippen molar-refractivity contribution in [1.29, 1.82) is 0 Å². The average molecular weight is 280 g/mol. The highest BCUT2D eigenvalue weighted by atomic mass is 32.1. The molecule has 1 heterocycles. The molecular formula is C15H12N4S. The second-order valence-electron chi connectivity index (χ2n) is 4.07. The van der Waals surface area contributed by atoms with Crippen LogP contribution in [0.5, 0.6) is 0 Å². The van der Waals surface area contributed by atoms with Gasteiger partial charge in [0.2, 0.25) is 0 Å². The highest BCUT2D eigenvalue weighted by Crippen LogP contribution is 2.18. The van der Waals surface area contributed by atoms with Gasteiger partial charge in [0.05, 0.1) is 6.20 Å². The summed E-state index contributed by atoms with van der Waals surface area (Å²) in [6.07, 6.45) is 1.65. The topological polar surface area (TPSA) is 50.2 Å². The number of para-hydroxylation sites is 1. The van der Waals surface area contributed by atoms with E-state index in [0.29, 0.717) is 0 Å². The van der Waals surface area contributed by atoms with E-state index in [4.69, 9.17) is 0 Å². The van der Waals surface area contributed by atoms with Gasteiger partial charge in [-0.3, -0.25) is 0 Å². The summed E-state index contributed by atoms with van der Waals surface area (Å²) >= 11 is 1.27. The predicted octanol–water partition coefficient (Wildman–Crippen LogP) is 3.73. The van der Waals surface area contributed by atoms with Gasteiger partial charge in [-0.15, -0.1) is 5.10 Å². The Kier molecular flexibility index (Phi) is 3.80. The third-order valence-electron chi connectivity index (χ3n) is 2.66. The van der Waals surface area contributed by atoms with Gasteiger partial charge in [0.25, 0.3) is 0 Å². The molecule has 98 valence electrons. The van der Waals surface area contributed by atoms with E-state index in [9.17, 15) is 0 Å². The SMILES string of the molecule is c1ccc(N/C(=N\c2cnns2)c2ccccc2)cc1. The zero-order chi connectivity index (χ0) is 13.6. The van der Waals surface area contributed by atoms with Gasteiger partial charge in [0, 0.05) is 22.8 Å². The van der Waals surface area contributed by atoms with Crippen LogP contribution in [0.4, 0.5) is 10.7 Å². The molecular weight excluding hydrogens is 268 g/mol. The molecule has 0 atom stereocenters. The molecule has 0 saturated carbocycles. The van der Waals surface area contributed by atoms with Gasteiger partial charge in [0.1, 0.15) is 5.84 Å². The molecule has 0 spiro atoms. The quantitative estimate of drug-likeness (QED) is 0.587. The van der Waals surface area contributed by atoms with Crippen molar-refractivity contribution in [3.63, 3.8) is 0 Å². The number of anilines is 1. The summed E-state index contributed by atoms with van der Waals surface area (Å²) < 4.78 is 3.83. The van der Waals surface area contributed by atoms with Gasteiger partial charge in [-0.05, 0) is 12.1 Å². The van der Waals surface area contributed by atoms with E-state index in [2.05, 4.69) is 19.9 Å². The van der Waals surface area contributed by atoms with E-state index < -0.39 is 0 Å². The number of nitrogens with one attached hydrogen (secondary N) is 1. The lowest BCUT2D eigenvalue weighted by Gasteiger charge is -2.09. The first-order chi connectivity index (χ1) is 9.92. The number of nitrogens with zero attached hydrogens (tertiary/aromatic N) is 3. The molecule has 1 aromatic heterocycles. The van der Waals surface area contributed by atoms with Gasteiger partial charge in [-0.1, -0.05) is 53.0 Å². The molecule has 4 nitrogen and oxygen atoms in total. The minimum Gasteiger partial charge on any atom is -0.340 e. The molecule has 3 aromatic rings. The number of aromatic nitrogens is 2. The first-order valence-corrected chi connectivity index (χ1v) is 6.93. The van der Waals surface area contributed by atoms with E-state index in [0.717, 1.165) is 22.1 Å². The zero-order valence-corrected chi connectivity index (χ0v) is 11.4. The van der Waals surface area contributed by atoms with Crippen LogP contribution >= 0.6 is 11.5 Å². The lowest BCUT2D eigenvalue weighted by Crippen LogP contribution is -2.12. The largest absolute Gasteiger partial charge is 0.340 e. The molecule has 0 unspecified atom stereocenters. The monoisotopic (exact) mass is 280 g/mol. The summed E-state index contributed by atoms with van der Waals surface area (Å²) in [7, 11) is 0. The van der Waals surface area contributed by atoms with E-state index in [-0.39, 0.29) is 0 Å². The fourth-order valence-electron chi connectivity index (χ4n) is 1.74. The van der Waals surface area contributed by atoms with Crippen LogP contribution in [0.25, 0.3) is 0 Å². The Hall–Kier alpha value is -2.53. The van der Waals surface area contributed by atoms with Crippen LogP contribution in [0.1, 0.15) is 5.56 Å². The number of rotatable bonds is 3. The number of amidine groups is 1. The Morgan fingerprint density at radius 1 is 0.950 bits per heavy atom. The second kappa shape index (κ2) is 6.08. The van der Waals surface area contributed by atoms with E-state index in [1.165, 1.54) is 11.5 Å². The fourth-order valence-corrected chi connectivity index (χ4v) is 2.14. The van der Waals surface area contributed by atoms with Crippen molar-refractivity contribution >= 4 is 28.1 Å². The second-order valence-corrected chi connectivity index (χ2v) is 4.84. The Morgan fingerprint density at radius 2 is 1.65 bits per heavy atom. The molecule has 5 heteroatoms. The molecule has 20 heavy (non-hydrogen) atoms. The van der Waals surface area contributed by atoms with Crippen LogP contribution in [0, 0.1) is 0 Å². The number of benzene rings is 2. The normalized spacial score (nSPS) is 11.3. The molecule has 0 amide bonds.